The van der Waals surface area contributed by atoms with E-state index in [2.05, 4.69) is 0 Å². The number of hydrogen-bond acceptors (Lipinski definition) is 3. The Balaban J connectivity index is 1.94. The van der Waals surface area contributed by atoms with Crippen LogP contribution in [-0.2, 0) is 4.74 Å². The molecule has 1 aliphatic rings. The molecule has 1 heterocycles. The summed E-state index contributed by atoms with van der Waals surface area (Å²) < 4.78 is 5.47. The van der Waals surface area contributed by atoms with E-state index in [1.54, 1.807) is 0 Å². The Labute approximate surface area is 72.9 Å². The highest BCUT2D eigenvalue weighted by molar-refractivity contribution is 7.99. The van der Waals surface area contributed by atoms with Gasteiger partial charge >= 0.3 is 0 Å². The lowest BCUT2D eigenvalue weighted by Crippen LogP contribution is -2.19. The van der Waals surface area contributed by atoms with Crippen LogP contribution in [0.1, 0.15) is 19.8 Å². The van der Waals surface area contributed by atoms with E-state index in [1.165, 1.54) is 12.8 Å². The van der Waals surface area contributed by atoms with Gasteiger partial charge in [-0.2, -0.15) is 11.8 Å². The van der Waals surface area contributed by atoms with E-state index in [0.29, 0.717) is 12.1 Å². The van der Waals surface area contributed by atoms with Crippen LogP contribution in [-0.4, -0.2) is 30.3 Å². The van der Waals surface area contributed by atoms with Gasteiger partial charge in [0.1, 0.15) is 0 Å². The number of thioether (sulfide) groups is 1. The van der Waals surface area contributed by atoms with Crippen LogP contribution < -0.4 is 5.73 Å². The lowest BCUT2D eigenvalue weighted by atomic mass is 10.3. The number of hydrogen-bond donors (Lipinski definition) is 1. The van der Waals surface area contributed by atoms with Crippen LogP contribution in [0.15, 0.2) is 0 Å². The van der Waals surface area contributed by atoms with E-state index in [9.17, 15) is 0 Å². The SMILES string of the molecule is CC(N)CSCC1CCCO1. The van der Waals surface area contributed by atoms with Gasteiger partial charge in [0.25, 0.3) is 0 Å². The highest BCUT2D eigenvalue weighted by Crippen LogP contribution is 2.16. The van der Waals surface area contributed by atoms with E-state index in [-0.39, 0.29) is 0 Å². The predicted octanol–water partition coefficient (Wildman–Crippen LogP) is 1.25. The first kappa shape index (κ1) is 9.36. The van der Waals surface area contributed by atoms with Gasteiger partial charge in [0.15, 0.2) is 0 Å². The van der Waals surface area contributed by atoms with Crippen molar-refractivity contribution < 1.29 is 4.74 Å². The maximum atomic E-state index is 5.62. The molecule has 0 aromatic heterocycles. The number of ether oxygens (including phenoxy) is 1. The van der Waals surface area contributed by atoms with Crippen LogP contribution in [0.25, 0.3) is 0 Å². The van der Waals surface area contributed by atoms with Crippen molar-refractivity contribution in [3.8, 4) is 0 Å². The van der Waals surface area contributed by atoms with Crippen LogP contribution in [0.4, 0.5) is 0 Å². The van der Waals surface area contributed by atoms with Gasteiger partial charge in [-0.25, -0.2) is 0 Å². The Morgan fingerprint density at radius 2 is 2.55 bits per heavy atom. The Morgan fingerprint density at radius 3 is 3.09 bits per heavy atom. The van der Waals surface area contributed by atoms with Gasteiger partial charge in [0.05, 0.1) is 6.10 Å². The monoisotopic (exact) mass is 175 g/mol. The largest absolute Gasteiger partial charge is 0.377 e. The lowest BCUT2D eigenvalue weighted by Gasteiger charge is -2.09. The molecule has 0 bridgehead atoms. The fraction of sp³-hybridized carbons (Fsp3) is 1.00. The molecule has 1 aliphatic heterocycles. The fourth-order valence-electron chi connectivity index (χ4n) is 1.16. The first-order valence-electron chi connectivity index (χ1n) is 4.24. The molecular weight excluding hydrogens is 158 g/mol. The first-order valence-corrected chi connectivity index (χ1v) is 5.39. The Bertz CT molecular complexity index is 102. The zero-order valence-electron chi connectivity index (χ0n) is 7.08. The average molecular weight is 175 g/mol. The molecule has 2 atom stereocenters. The van der Waals surface area contributed by atoms with Gasteiger partial charge in [-0.05, 0) is 19.8 Å². The van der Waals surface area contributed by atoms with E-state index >= 15 is 0 Å². The number of nitrogens with two attached hydrogens (primary N) is 1. The topological polar surface area (TPSA) is 35.2 Å². The highest BCUT2D eigenvalue weighted by Gasteiger charge is 2.14. The van der Waals surface area contributed by atoms with Gasteiger partial charge in [0.2, 0.25) is 0 Å². The third-order valence-electron chi connectivity index (χ3n) is 1.71. The van der Waals surface area contributed by atoms with Gasteiger partial charge in [-0.15, -0.1) is 0 Å². The molecule has 11 heavy (non-hydrogen) atoms. The molecule has 0 aromatic rings. The smallest absolute Gasteiger partial charge is 0.0666 e. The molecule has 2 nitrogen and oxygen atoms in total. The standard InChI is InChI=1S/C8H17NOS/c1-7(9)5-11-6-8-3-2-4-10-8/h7-8H,2-6,9H2,1H3. The summed E-state index contributed by atoms with van der Waals surface area (Å²) >= 11 is 1.91. The summed E-state index contributed by atoms with van der Waals surface area (Å²) in [5.41, 5.74) is 5.62. The minimum Gasteiger partial charge on any atom is -0.377 e. The third kappa shape index (κ3) is 3.99. The van der Waals surface area contributed by atoms with Crippen LogP contribution >= 0.6 is 11.8 Å². The van der Waals surface area contributed by atoms with Crippen LogP contribution in [0.3, 0.4) is 0 Å². The predicted molar refractivity (Wildman–Crippen MR) is 49.9 cm³/mol. The molecule has 0 amide bonds. The van der Waals surface area contributed by atoms with Crippen molar-refractivity contribution in [2.45, 2.75) is 31.9 Å². The molecule has 1 rings (SSSR count). The molecule has 66 valence electrons. The average Bonchev–Trinajstić information content (AvgIpc) is 2.39. The Kier molecular flexibility index (Phi) is 4.26. The van der Waals surface area contributed by atoms with E-state index in [4.69, 9.17) is 10.5 Å². The van der Waals surface area contributed by atoms with E-state index in [1.807, 2.05) is 18.7 Å². The maximum absolute atomic E-state index is 5.62. The minimum atomic E-state index is 0.321. The van der Waals surface area contributed by atoms with E-state index < -0.39 is 0 Å². The zero-order chi connectivity index (χ0) is 8.10. The van der Waals surface area contributed by atoms with E-state index in [0.717, 1.165) is 18.1 Å². The molecule has 0 radical (unpaired) electrons. The molecule has 1 saturated heterocycles. The molecule has 3 heteroatoms. The second-order valence-electron chi connectivity index (χ2n) is 3.15. The van der Waals surface area contributed by atoms with Gasteiger partial charge in [-0.1, -0.05) is 0 Å². The zero-order valence-corrected chi connectivity index (χ0v) is 7.90. The summed E-state index contributed by atoms with van der Waals surface area (Å²) in [6.07, 6.45) is 2.99. The third-order valence-corrected chi connectivity index (χ3v) is 3.08. The normalized spacial score (nSPS) is 27.3. The molecule has 0 aliphatic carbocycles. The summed E-state index contributed by atoms with van der Waals surface area (Å²) in [5.74, 6) is 2.18. The Hall–Kier alpha value is 0.270. The molecular formula is C8H17NOS. The van der Waals surface area contributed by atoms with Crippen molar-refractivity contribution in [3.05, 3.63) is 0 Å². The highest BCUT2D eigenvalue weighted by atomic mass is 32.2. The molecule has 0 saturated carbocycles. The fourth-order valence-corrected chi connectivity index (χ4v) is 2.19. The maximum Gasteiger partial charge on any atom is 0.0666 e. The number of rotatable bonds is 4. The summed E-state index contributed by atoms with van der Waals surface area (Å²) in [5, 5.41) is 0. The summed E-state index contributed by atoms with van der Waals surface area (Å²) in [7, 11) is 0. The van der Waals surface area contributed by atoms with Crippen molar-refractivity contribution in [1.29, 1.82) is 0 Å². The minimum absolute atomic E-state index is 0.321. The second kappa shape index (κ2) is 5.01. The molecule has 2 unspecified atom stereocenters. The molecule has 2 N–H and O–H groups in total. The lowest BCUT2D eigenvalue weighted by molar-refractivity contribution is 0.129. The molecule has 1 fully saturated rings. The summed E-state index contributed by atoms with van der Waals surface area (Å²) in [6.45, 7) is 3.01. The summed E-state index contributed by atoms with van der Waals surface area (Å²) in [4.78, 5) is 0. The van der Waals surface area contributed by atoms with Crippen molar-refractivity contribution >= 4 is 11.8 Å². The van der Waals surface area contributed by atoms with Crippen molar-refractivity contribution in [3.63, 3.8) is 0 Å². The quantitative estimate of drug-likeness (QED) is 0.698. The van der Waals surface area contributed by atoms with Crippen molar-refractivity contribution in [2.24, 2.45) is 5.73 Å². The van der Waals surface area contributed by atoms with Gasteiger partial charge < -0.3 is 10.5 Å². The van der Waals surface area contributed by atoms with Crippen molar-refractivity contribution in [2.75, 3.05) is 18.1 Å². The second-order valence-corrected chi connectivity index (χ2v) is 4.22. The van der Waals surface area contributed by atoms with Crippen LogP contribution in [0.5, 0.6) is 0 Å². The molecule has 0 spiro atoms. The Morgan fingerprint density at radius 1 is 1.73 bits per heavy atom. The van der Waals surface area contributed by atoms with Crippen LogP contribution in [0.2, 0.25) is 0 Å². The van der Waals surface area contributed by atoms with Gasteiger partial charge in [-0.3, -0.25) is 0 Å². The van der Waals surface area contributed by atoms with Gasteiger partial charge in [0, 0.05) is 24.2 Å². The first-order chi connectivity index (χ1) is 5.29. The molecule has 0 aromatic carbocycles. The van der Waals surface area contributed by atoms with Crippen LogP contribution in [0, 0.1) is 0 Å². The van der Waals surface area contributed by atoms with Crippen molar-refractivity contribution in [1.82, 2.24) is 0 Å². The summed E-state index contributed by atoms with van der Waals surface area (Å²) in [6, 6.07) is 0.321.